The van der Waals surface area contributed by atoms with E-state index in [2.05, 4.69) is 19.0 Å². The van der Waals surface area contributed by atoms with Crippen LogP contribution in [0.25, 0.3) is 0 Å². The van der Waals surface area contributed by atoms with Crippen molar-refractivity contribution in [2.75, 3.05) is 0 Å². The molecule has 0 aliphatic heterocycles. The fraction of sp³-hybridized carbons (Fsp3) is 0.625. The van der Waals surface area contributed by atoms with Crippen molar-refractivity contribution < 1.29 is 5.21 Å². The van der Waals surface area contributed by atoms with Gasteiger partial charge >= 0.3 is 0 Å². The number of hydrogen-bond donors (Lipinski definition) is 1. The van der Waals surface area contributed by atoms with Crippen molar-refractivity contribution in [3.8, 4) is 0 Å². The molecule has 0 radical (unpaired) electrons. The van der Waals surface area contributed by atoms with Crippen molar-refractivity contribution in [3.05, 3.63) is 11.6 Å². The van der Waals surface area contributed by atoms with E-state index in [0.29, 0.717) is 5.92 Å². The number of nitrogens with zero attached hydrogens (tertiary/aromatic N) is 1. The maximum Gasteiger partial charge on any atom is 0.0797 e. The lowest BCUT2D eigenvalue weighted by Gasteiger charge is -2.16. The Morgan fingerprint density at radius 2 is 2.30 bits per heavy atom. The van der Waals surface area contributed by atoms with Gasteiger partial charge < -0.3 is 5.21 Å². The molecule has 1 N–H and O–H groups in total. The van der Waals surface area contributed by atoms with Crippen LogP contribution in [0.2, 0.25) is 0 Å². The molecule has 0 saturated carbocycles. The molecule has 1 aliphatic rings. The van der Waals surface area contributed by atoms with E-state index in [1.165, 1.54) is 5.57 Å². The van der Waals surface area contributed by atoms with Crippen molar-refractivity contribution in [2.45, 2.75) is 26.7 Å². The van der Waals surface area contributed by atoms with Gasteiger partial charge in [-0.1, -0.05) is 17.7 Å². The first-order valence-corrected chi connectivity index (χ1v) is 3.60. The largest absolute Gasteiger partial charge is 0.411 e. The Morgan fingerprint density at radius 1 is 1.60 bits per heavy atom. The first-order valence-electron chi connectivity index (χ1n) is 3.60. The molecule has 56 valence electrons. The molecule has 0 amide bonds. The van der Waals surface area contributed by atoms with E-state index < -0.39 is 0 Å². The molecular weight excluding hydrogens is 126 g/mol. The van der Waals surface area contributed by atoms with Gasteiger partial charge in [-0.3, -0.25) is 0 Å². The molecule has 0 spiro atoms. The molecule has 1 rings (SSSR count). The number of rotatable bonds is 0. The topological polar surface area (TPSA) is 32.6 Å². The molecule has 0 saturated heterocycles. The van der Waals surface area contributed by atoms with E-state index in [4.69, 9.17) is 5.21 Å². The minimum Gasteiger partial charge on any atom is -0.411 e. The third-order valence-electron chi connectivity index (χ3n) is 1.77. The van der Waals surface area contributed by atoms with Crippen LogP contribution in [0.3, 0.4) is 0 Å². The van der Waals surface area contributed by atoms with Crippen molar-refractivity contribution in [2.24, 2.45) is 11.1 Å². The van der Waals surface area contributed by atoms with Gasteiger partial charge in [0.15, 0.2) is 0 Å². The zero-order valence-corrected chi connectivity index (χ0v) is 6.46. The molecule has 0 bridgehead atoms. The van der Waals surface area contributed by atoms with Crippen LogP contribution in [0.1, 0.15) is 26.7 Å². The van der Waals surface area contributed by atoms with Crippen LogP contribution in [0, 0.1) is 5.92 Å². The highest BCUT2D eigenvalue weighted by Gasteiger charge is 2.12. The van der Waals surface area contributed by atoms with Crippen LogP contribution < -0.4 is 0 Å². The predicted octanol–water partition coefficient (Wildman–Crippen LogP) is 2.19. The minimum absolute atomic E-state index is 0.635. The number of allylic oxidation sites excluding steroid dienone is 2. The maximum absolute atomic E-state index is 8.47. The predicted molar refractivity (Wildman–Crippen MR) is 41.4 cm³/mol. The van der Waals surface area contributed by atoms with Crippen LogP contribution >= 0.6 is 0 Å². The summed E-state index contributed by atoms with van der Waals surface area (Å²) >= 11 is 0. The minimum atomic E-state index is 0.635. The summed E-state index contributed by atoms with van der Waals surface area (Å²) in [7, 11) is 0. The second-order valence-corrected chi connectivity index (χ2v) is 3.10. The molecule has 2 nitrogen and oxygen atoms in total. The van der Waals surface area contributed by atoms with Gasteiger partial charge in [0.25, 0.3) is 0 Å². The summed E-state index contributed by atoms with van der Waals surface area (Å²) in [6.45, 7) is 4.24. The monoisotopic (exact) mass is 139 g/mol. The van der Waals surface area contributed by atoms with Crippen molar-refractivity contribution in [3.63, 3.8) is 0 Å². The molecule has 0 heterocycles. The van der Waals surface area contributed by atoms with Crippen LogP contribution in [0.15, 0.2) is 16.8 Å². The van der Waals surface area contributed by atoms with Gasteiger partial charge in [0, 0.05) is 0 Å². The quantitative estimate of drug-likeness (QED) is 0.405. The summed E-state index contributed by atoms with van der Waals surface area (Å²) < 4.78 is 0. The molecule has 0 fully saturated rings. The van der Waals surface area contributed by atoms with E-state index in [9.17, 15) is 0 Å². The number of hydrogen-bond acceptors (Lipinski definition) is 2. The lowest BCUT2D eigenvalue weighted by atomic mass is 9.90. The van der Waals surface area contributed by atoms with Crippen LogP contribution in [0.4, 0.5) is 0 Å². The Bertz CT molecular complexity index is 182. The zero-order valence-electron chi connectivity index (χ0n) is 6.46. The summed E-state index contributed by atoms with van der Waals surface area (Å²) in [6, 6.07) is 0. The zero-order chi connectivity index (χ0) is 7.56. The highest BCUT2D eigenvalue weighted by Crippen LogP contribution is 2.20. The van der Waals surface area contributed by atoms with E-state index in [-0.39, 0.29) is 0 Å². The standard InChI is InChI=1S/C8H13NO/c1-6-3-7(2)5-8(4-6)9-10/h4,7,10H,3,5H2,1-2H3. The van der Waals surface area contributed by atoms with Crippen LogP contribution in [-0.4, -0.2) is 10.9 Å². The summed E-state index contributed by atoms with van der Waals surface area (Å²) in [6.07, 6.45) is 4.01. The van der Waals surface area contributed by atoms with E-state index in [1.807, 2.05) is 6.08 Å². The first kappa shape index (κ1) is 7.32. The molecule has 10 heavy (non-hydrogen) atoms. The molecule has 1 atom stereocenters. The summed E-state index contributed by atoms with van der Waals surface area (Å²) in [5, 5.41) is 11.7. The van der Waals surface area contributed by atoms with Gasteiger partial charge in [-0.15, -0.1) is 0 Å². The molecular formula is C8H13NO. The lowest BCUT2D eigenvalue weighted by molar-refractivity contribution is 0.316. The normalized spacial score (nSPS) is 30.4. The van der Waals surface area contributed by atoms with Crippen LogP contribution in [-0.2, 0) is 0 Å². The molecule has 2 heteroatoms. The highest BCUT2D eigenvalue weighted by molar-refractivity contribution is 5.95. The Morgan fingerprint density at radius 3 is 2.80 bits per heavy atom. The van der Waals surface area contributed by atoms with Crippen molar-refractivity contribution in [1.82, 2.24) is 0 Å². The Kier molecular flexibility index (Phi) is 2.10. The summed E-state index contributed by atoms with van der Waals surface area (Å²) in [5.74, 6) is 0.635. The first-order chi connectivity index (χ1) is 4.72. The highest BCUT2D eigenvalue weighted by atomic mass is 16.4. The van der Waals surface area contributed by atoms with Crippen LogP contribution in [0.5, 0.6) is 0 Å². The second-order valence-electron chi connectivity index (χ2n) is 3.10. The van der Waals surface area contributed by atoms with Gasteiger partial charge in [-0.25, -0.2) is 0 Å². The van der Waals surface area contributed by atoms with E-state index in [1.54, 1.807) is 0 Å². The smallest absolute Gasteiger partial charge is 0.0797 e. The van der Waals surface area contributed by atoms with Gasteiger partial charge in [-0.2, -0.15) is 0 Å². The van der Waals surface area contributed by atoms with E-state index in [0.717, 1.165) is 18.6 Å². The fourth-order valence-electron chi connectivity index (χ4n) is 1.45. The van der Waals surface area contributed by atoms with Crippen molar-refractivity contribution in [1.29, 1.82) is 0 Å². The summed E-state index contributed by atoms with van der Waals surface area (Å²) in [4.78, 5) is 0. The molecule has 0 aromatic rings. The van der Waals surface area contributed by atoms with Crippen molar-refractivity contribution >= 4 is 5.71 Å². The SMILES string of the molecule is CC1=CC(=NO)CC(C)C1. The molecule has 0 aromatic carbocycles. The molecule has 1 unspecified atom stereocenters. The summed E-state index contributed by atoms with van der Waals surface area (Å²) in [5.41, 5.74) is 2.13. The second kappa shape index (κ2) is 2.86. The third-order valence-corrected chi connectivity index (χ3v) is 1.77. The third kappa shape index (κ3) is 1.59. The molecule has 0 aromatic heterocycles. The van der Waals surface area contributed by atoms with E-state index >= 15 is 0 Å². The average molecular weight is 139 g/mol. The van der Waals surface area contributed by atoms with Gasteiger partial charge in [-0.05, 0) is 31.8 Å². The average Bonchev–Trinajstić information content (AvgIpc) is 1.85. The van der Waals surface area contributed by atoms with Gasteiger partial charge in [0.2, 0.25) is 0 Å². The fourth-order valence-corrected chi connectivity index (χ4v) is 1.45. The Labute approximate surface area is 61.2 Å². The number of oxime groups is 1. The maximum atomic E-state index is 8.47. The Hall–Kier alpha value is -0.790. The Balaban J connectivity index is 2.73. The molecule has 1 aliphatic carbocycles. The van der Waals surface area contributed by atoms with Gasteiger partial charge in [0.1, 0.15) is 0 Å². The van der Waals surface area contributed by atoms with Gasteiger partial charge in [0.05, 0.1) is 5.71 Å². The lowest BCUT2D eigenvalue weighted by Crippen LogP contribution is -2.10.